The van der Waals surface area contributed by atoms with Crippen LogP contribution in [-0.2, 0) is 17.6 Å². The minimum absolute atomic E-state index is 0.0705. The highest BCUT2D eigenvalue weighted by molar-refractivity contribution is 5.40. The van der Waals surface area contributed by atoms with E-state index in [-0.39, 0.29) is 24.4 Å². The van der Waals surface area contributed by atoms with Gasteiger partial charge in [0.2, 0.25) is 0 Å². The molecule has 5 rings (SSSR count). The summed E-state index contributed by atoms with van der Waals surface area (Å²) in [5, 5.41) is 19.7. The maximum Gasteiger partial charge on any atom is 0.144 e. The van der Waals surface area contributed by atoms with Gasteiger partial charge in [-0.05, 0) is 66.3 Å². The zero-order valence-electron chi connectivity index (χ0n) is 20.4. The van der Waals surface area contributed by atoms with E-state index in [0.717, 1.165) is 29.9 Å². The van der Waals surface area contributed by atoms with Crippen LogP contribution in [-0.4, -0.2) is 41.2 Å². The molecule has 4 unspecified atom stereocenters. The molecular weight excluding hydrogens is 440 g/mol. The van der Waals surface area contributed by atoms with Crippen LogP contribution in [0.15, 0.2) is 66.7 Å². The highest BCUT2D eigenvalue weighted by Crippen LogP contribution is 2.35. The molecule has 0 radical (unpaired) electrons. The summed E-state index contributed by atoms with van der Waals surface area (Å²) in [6, 6.07) is 22.8. The highest BCUT2D eigenvalue weighted by atomic mass is 16.5. The van der Waals surface area contributed by atoms with Crippen LogP contribution in [0.4, 0.5) is 0 Å². The van der Waals surface area contributed by atoms with E-state index in [0.29, 0.717) is 19.4 Å². The average molecular weight is 475 g/mol. The third-order valence-corrected chi connectivity index (χ3v) is 7.08. The number of hydrogen-bond donors (Lipinski definition) is 2. The molecule has 3 aromatic carbocycles. The first-order chi connectivity index (χ1) is 16.9. The molecule has 5 heteroatoms. The third-order valence-electron chi connectivity index (χ3n) is 7.08. The summed E-state index contributed by atoms with van der Waals surface area (Å²) in [5.74, 6) is 1.78. The van der Waals surface area contributed by atoms with Crippen LogP contribution in [0.25, 0.3) is 0 Å². The lowest BCUT2D eigenvalue weighted by atomic mass is 9.92. The third kappa shape index (κ3) is 5.53. The number of fused-ring (bicyclic) bond motifs is 1. The van der Waals surface area contributed by atoms with Crippen molar-refractivity contribution in [3.63, 3.8) is 0 Å². The molecule has 4 atom stereocenters. The van der Waals surface area contributed by atoms with Crippen molar-refractivity contribution in [3.8, 4) is 11.5 Å². The lowest BCUT2D eigenvalue weighted by Crippen LogP contribution is -2.37. The van der Waals surface area contributed by atoms with Crippen molar-refractivity contribution < 1.29 is 24.4 Å². The summed E-state index contributed by atoms with van der Waals surface area (Å²) in [4.78, 5) is 0. The molecule has 3 aromatic rings. The normalized spacial score (nSPS) is 25.7. The van der Waals surface area contributed by atoms with Gasteiger partial charge in [-0.2, -0.15) is 0 Å². The van der Waals surface area contributed by atoms with Crippen LogP contribution < -0.4 is 9.47 Å². The van der Waals surface area contributed by atoms with E-state index in [4.69, 9.17) is 14.2 Å². The number of aliphatic hydroxyl groups excluding tert-OH is 2. The quantitative estimate of drug-likeness (QED) is 0.508. The van der Waals surface area contributed by atoms with Crippen molar-refractivity contribution in [2.24, 2.45) is 0 Å². The highest BCUT2D eigenvalue weighted by Gasteiger charge is 2.35. The maximum atomic E-state index is 10.2. The van der Waals surface area contributed by atoms with E-state index < -0.39 is 6.10 Å². The number of rotatable bonds is 7. The minimum Gasteiger partial charge on any atom is -0.489 e. The fraction of sp³-hybridized carbons (Fsp3) is 0.400. The van der Waals surface area contributed by atoms with E-state index in [1.165, 1.54) is 22.3 Å². The second-order valence-corrected chi connectivity index (χ2v) is 10.2. The summed E-state index contributed by atoms with van der Waals surface area (Å²) in [7, 11) is 0. The van der Waals surface area contributed by atoms with Gasteiger partial charge in [0, 0.05) is 19.3 Å². The van der Waals surface area contributed by atoms with Gasteiger partial charge in [0.1, 0.15) is 23.7 Å². The monoisotopic (exact) mass is 474 g/mol. The second-order valence-electron chi connectivity index (χ2n) is 10.2. The molecule has 2 aliphatic rings. The van der Waals surface area contributed by atoms with E-state index in [9.17, 15) is 10.2 Å². The smallest absolute Gasteiger partial charge is 0.144 e. The first kappa shape index (κ1) is 23.9. The molecule has 0 spiro atoms. The van der Waals surface area contributed by atoms with Crippen molar-refractivity contribution >= 4 is 0 Å². The lowest BCUT2D eigenvalue weighted by Gasteiger charge is -2.32. The van der Waals surface area contributed by atoms with Crippen LogP contribution in [0.1, 0.15) is 53.7 Å². The van der Waals surface area contributed by atoms with E-state index >= 15 is 0 Å². The van der Waals surface area contributed by atoms with Crippen LogP contribution >= 0.6 is 0 Å². The summed E-state index contributed by atoms with van der Waals surface area (Å²) < 4.78 is 18.3. The van der Waals surface area contributed by atoms with Gasteiger partial charge >= 0.3 is 0 Å². The number of benzene rings is 3. The van der Waals surface area contributed by atoms with Crippen molar-refractivity contribution in [1.82, 2.24) is 0 Å². The molecule has 1 fully saturated rings. The molecule has 0 bridgehead atoms. The second kappa shape index (κ2) is 10.0. The molecule has 2 heterocycles. The van der Waals surface area contributed by atoms with Crippen LogP contribution in [0, 0.1) is 6.92 Å². The molecule has 184 valence electrons. The Bertz CT molecular complexity index is 1130. The molecule has 2 N–H and O–H groups in total. The number of hydrogen-bond acceptors (Lipinski definition) is 5. The van der Waals surface area contributed by atoms with Crippen LogP contribution in [0.2, 0.25) is 0 Å². The zero-order valence-corrected chi connectivity index (χ0v) is 20.4. The van der Waals surface area contributed by atoms with Gasteiger partial charge in [0.05, 0.1) is 24.9 Å². The Morgan fingerprint density at radius 1 is 1.03 bits per heavy atom. The summed E-state index contributed by atoms with van der Waals surface area (Å²) in [5.41, 5.74) is 5.57. The Kier molecular flexibility index (Phi) is 6.83. The Morgan fingerprint density at radius 3 is 2.60 bits per heavy atom. The van der Waals surface area contributed by atoms with Gasteiger partial charge in [-0.25, -0.2) is 0 Å². The molecule has 0 saturated carbocycles. The Labute approximate surface area is 207 Å². The zero-order chi connectivity index (χ0) is 24.4. The van der Waals surface area contributed by atoms with Gasteiger partial charge < -0.3 is 24.4 Å². The molecule has 0 aliphatic carbocycles. The summed E-state index contributed by atoms with van der Waals surface area (Å²) >= 11 is 0. The number of aryl methyl sites for hydroxylation is 1. The molecular formula is C30H34O5. The van der Waals surface area contributed by atoms with Gasteiger partial charge in [0.25, 0.3) is 0 Å². The van der Waals surface area contributed by atoms with E-state index in [1.807, 2.05) is 30.3 Å². The largest absolute Gasteiger partial charge is 0.489 e. The molecule has 35 heavy (non-hydrogen) atoms. The first-order valence-electron chi connectivity index (χ1n) is 12.4. The molecule has 0 aromatic heterocycles. The molecule has 5 nitrogen and oxygen atoms in total. The van der Waals surface area contributed by atoms with Crippen LogP contribution in [0.5, 0.6) is 11.5 Å². The fourth-order valence-electron chi connectivity index (χ4n) is 5.10. The fourth-order valence-corrected chi connectivity index (χ4v) is 5.10. The van der Waals surface area contributed by atoms with Crippen molar-refractivity contribution in [2.45, 2.75) is 63.4 Å². The number of aliphatic hydroxyl groups is 2. The molecule has 2 aliphatic heterocycles. The van der Waals surface area contributed by atoms with Crippen molar-refractivity contribution in [1.29, 1.82) is 0 Å². The summed E-state index contributed by atoms with van der Waals surface area (Å²) in [6.45, 7) is 4.63. The molecule has 1 saturated heterocycles. The predicted octanol–water partition coefficient (Wildman–Crippen LogP) is 4.93. The van der Waals surface area contributed by atoms with E-state index in [1.54, 1.807) is 0 Å². The standard InChI is InChI=1S/C30H34O5/c1-20-7-10-22(29-16-25(32)15-27(18-31)34-29)14-24(20)13-21-8-11-26(12-9-21)33-19-30(2)17-23-5-3-4-6-28(23)35-30/h3-12,14,25,27,29,31-32H,13,15-19H2,1-2H3. The topological polar surface area (TPSA) is 68.2 Å². The minimum atomic E-state index is -0.450. The van der Waals surface area contributed by atoms with Crippen molar-refractivity contribution in [3.05, 3.63) is 94.5 Å². The van der Waals surface area contributed by atoms with Crippen molar-refractivity contribution in [2.75, 3.05) is 13.2 Å². The van der Waals surface area contributed by atoms with Gasteiger partial charge in [0.15, 0.2) is 0 Å². The van der Waals surface area contributed by atoms with Gasteiger partial charge in [-0.3, -0.25) is 0 Å². The summed E-state index contributed by atoms with van der Waals surface area (Å²) in [6.07, 6.45) is 1.72. The predicted molar refractivity (Wildman–Crippen MR) is 135 cm³/mol. The Balaban J connectivity index is 1.22. The van der Waals surface area contributed by atoms with Gasteiger partial charge in [-0.1, -0.05) is 48.5 Å². The maximum absolute atomic E-state index is 10.2. The SMILES string of the molecule is Cc1ccc(C2CC(O)CC(CO)O2)cc1Cc1ccc(OCC2(C)Cc3ccccc3O2)cc1. The number of ether oxygens (including phenoxy) is 3. The lowest BCUT2D eigenvalue weighted by molar-refractivity contribution is -0.113. The Morgan fingerprint density at radius 2 is 1.83 bits per heavy atom. The average Bonchev–Trinajstić information content (AvgIpc) is 3.21. The van der Waals surface area contributed by atoms with Gasteiger partial charge in [-0.15, -0.1) is 0 Å². The van der Waals surface area contributed by atoms with E-state index in [2.05, 4.69) is 50.2 Å². The molecule has 0 amide bonds. The Hall–Kier alpha value is -2.86. The first-order valence-corrected chi connectivity index (χ1v) is 12.4. The number of para-hydroxylation sites is 1. The van der Waals surface area contributed by atoms with Crippen LogP contribution in [0.3, 0.4) is 0 Å².